The summed E-state index contributed by atoms with van der Waals surface area (Å²) < 4.78 is 6.09. The molecule has 3 rings (SSSR count). The van der Waals surface area contributed by atoms with Crippen LogP contribution in [0.5, 0.6) is 5.75 Å². The standard InChI is InChI=1S/C27H34N2O3/c1-4-7-8-9-10-20-18-25-24(27(5-2,6-3)15-16-32-25)17-21(20)11-12-22-13-14-23(29-28-22)19-26(30)31/h13-14,17-18H,4-10,15-16,19H2,1-3H3,(H,30,31)/p-1. The molecular weight excluding hydrogens is 400 g/mol. The summed E-state index contributed by atoms with van der Waals surface area (Å²) >= 11 is 0. The molecule has 1 aliphatic rings. The molecule has 0 aliphatic carbocycles. The third-order valence-electron chi connectivity index (χ3n) is 6.64. The van der Waals surface area contributed by atoms with Crippen molar-refractivity contribution in [2.75, 3.05) is 6.61 Å². The Morgan fingerprint density at radius 1 is 1.09 bits per heavy atom. The molecule has 2 aromatic rings. The number of ether oxygens (including phenoxy) is 1. The smallest absolute Gasteiger partial charge is 0.136 e. The minimum Gasteiger partial charge on any atom is -0.550 e. The van der Waals surface area contributed by atoms with E-state index in [0.717, 1.165) is 50.0 Å². The van der Waals surface area contributed by atoms with Gasteiger partial charge in [-0.3, -0.25) is 0 Å². The van der Waals surface area contributed by atoms with Gasteiger partial charge >= 0.3 is 0 Å². The van der Waals surface area contributed by atoms with Crippen LogP contribution in [0, 0.1) is 11.8 Å². The van der Waals surface area contributed by atoms with Crippen molar-refractivity contribution in [1.82, 2.24) is 10.2 Å². The molecule has 0 bridgehead atoms. The molecule has 0 amide bonds. The van der Waals surface area contributed by atoms with Gasteiger partial charge in [0.15, 0.2) is 0 Å². The molecule has 170 valence electrons. The average Bonchev–Trinajstić information content (AvgIpc) is 2.80. The number of hydrogen-bond donors (Lipinski definition) is 0. The Morgan fingerprint density at radius 3 is 2.56 bits per heavy atom. The molecule has 0 atom stereocenters. The Balaban J connectivity index is 1.95. The fraction of sp³-hybridized carbons (Fsp3) is 0.519. The van der Waals surface area contributed by atoms with Crippen LogP contribution in [0.4, 0.5) is 0 Å². The van der Waals surface area contributed by atoms with Gasteiger partial charge in [0.25, 0.3) is 0 Å². The lowest BCUT2D eigenvalue weighted by Crippen LogP contribution is -2.32. The Bertz CT molecular complexity index is 982. The quantitative estimate of drug-likeness (QED) is 0.439. The van der Waals surface area contributed by atoms with Crippen LogP contribution in [0.2, 0.25) is 0 Å². The van der Waals surface area contributed by atoms with Crippen LogP contribution in [-0.4, -0.2) is 22.8 Å². The Hall–Kier alpha value is -2.87. The number of nitrogens with zero attached hydrogens (tertiary/aromatic N) is 2. The van der Waals surface area contributed by atoms with Gasteiger partial charge in [-0.2, -0.15) is 5.10 Å². The first-order valence-corrected chi connectivity index (χ1v) is 11.9. The van der Waals surface area contributed by atoms with Gasteiger partial charge in [0.2, 0.25) is 0 Å². The van der Waals surface area contributed by atoms with Gasteiger partial charge in [0, 0.05) is 28.9 Å². The number of aromatic nitrogens is 2. The number of fused-ring (bicyclic) bond motifs is 1. The normalized spacial score (nSPS) is 14.1. The summed E-state index contributed by atoms with van der Waals surface area (Å²) in [5, 5.41) is 18.8. The summed E-state index contributed by atoms with van der Waals surface area (Å²) in [6.45, 7) is 7.50. The second kappa shape index (κ2) is 11.1. The molecule has 0 radical (unpaired) electrons. The molecule has 2 heterocycles. The SMILES string of the molecule is CCCCCCc1cc2c(cc1C#Cc1ccc(CC(=O)[O-])nn1)C(CC)(CC)CCO2. The zero-order chi connectivity index (χ0) is 23.0. The zero-order valence-corrected chi connectivity index (χ0v) is 19.5. The number of unbranched alkanes of at least 4 members (excludes halogenated alkanes) is 3. The highest BCUT2D eigenvalue weighted by atomic mass is 16.5. The molecule has 1 aromatic carbocycles. The van der Waals surface area contributed by atoms with E-state index >= 15 is 0 Å². The highest BCUT2D eigenvalue weighted by Gasteiger charge is 2.35. The van der Waals surface area contributed by atoms with Crippen molar-refractivity contribution in [3.63, 3.8) is 0 Å². The van der Waals surface area contributed by atoms with Crippen LogP contribution in [0.15, 0.2) is 24.3 Å². The first kappa shape index (κ1) is 23.8. The topological polar surface area (TPSA) is 75.1 Å². The number of carboxylic acids is 1. The summed E-state index contributed by atoms with van der Waals surface area (Å²) in [6.07, 6.45) is 8.70. The summed E-state index contributed by atoms with van der Waals surface area (Å²) in [4.78, 5) is 10.7. The van der Waals surface area contributed by atoms with Gasteiger partial charge in [-0.25, -0.2) is 0 Å². The van der Waals surface area contributed by atoms with E-state index in [1.54, 1.807) is 12.1 Å². The maximum atomic E-state index is 10.7. The van der Waals surface area contributed by atoms with Crippen molar-refractivity contribution < 1.29 is 14.6 Å². The molecule has 5 heteroatoms. The number of carboxylic acid groups (broad SMARTS) is 1. The van der Waals surface area contributed by atoms with E-state index in [-0.39, 0.29) is 11.8 Å². The fourth-order valence-corrected chi connectivity index (χ4v) is 4.50. The van der Waals surface area contributed by atoms with Crippen molar-refractivity contribution in [1.29, 1.82) is 0 Å². The van der Waals surface area contributed by atoms with E-state index in [1.165, 1.54) is 30.4 Å². The summed E-state index contributed by atoms with van der Waals surface area (Å²) in [6, 6.07) is 7.79. The van der Waals surface area contributed by atoms with Crippen molar-refractivity contribution in [3.05, 3.63) is 52.3 Å². The average molecular weight is 434 g/mol. The van der Waals surface area contributed by atoms with E-state index in [2.05, 4.69) is 54.9 Å². The molecule has 0 N–H and O–H groups in total. The van der Waals surface area contributed by atoms with Crippen LogP contribution in [0.1, 0.15) is 93.8 Å². The van der Waals surface area contributed by atoms with Crippen LogP contribution < -0.4 is 9.84 Å². The number of aryl methyl sites for hydroxylation is 1. The third kappa shape index (κ3) is 5.68. The predicted octanol–water partition coefficient (Wildman–Crippen LogP) is 4.13. The fourth-order valence-electron chi connectivity index (χ4n) is 4.50. The predicted molar refractivity (Wildman–Crippen MR) is 123 cm³/mol. The molecule has 0 saturated carbocycles. The van der Waals surface area contributed by atoms with Crippen molar-refractivity contribution in [3.8, 4) is 17.6 Å². The van der Waals surface area contributed by atoms with Crippen LogP contribution in [0.25, 0.3) is 0 Å². The largest absolute Gasteiger partial charge is 0.550 e. The zero-order valence-electron chi connectivity index (χ0n) is 19.5. The van der Waals surface area contributed by atoms with E-state index in [0.29, 0.717) is 11.4 Å². The second-order valence-corrected chi connectivity index (χ2v) is 8.61. The minimum absolute atomic E-state index is 0.136. The number of aliphatic carboxylic acids is 1. The highest BCUT2D eigenvalue weighted by molar-refractivity contribution is 5.67. The van der Waals surface area contributed by atoms with E-state index in [9.17, 15) is 9.90 Å². The Kier molecular flexibility index (Phi) is 8.27. The van der Waals surface area contributed by atoms with Gasteiger partial charge in [-0.15, -0.1) is 5.10 Å². The first-order chi connectivity index (χ1) is 15.5. The number of carbonyl (C=O) groups is 1. The number of hydrogen-bond acceptors (Lipinski definition) is 5. The Labute approximate surface area is 191 Å². The molecule has 1 aromatic heterocycles. The lowest BCUT2D eigenvalue weighted by Gasteiger charge is -2.38. The molecule has 0 unspecified atom stereocenters. The van der Waals surface area contributed by atoms with E-state index in [4.69, 9.17) is 4.74 Å². The monoisotopic (exact) mass is 433 g/mol. The van der Waals surface area contributed by atoms with Gasteiger partial charge < -0.3 is 14.6 Å². The molecule has 0 spiro atoms. The molecule has 0 fully saturated rings. The number of benzene rings is 1. The second-order valence-electron chi connectivity index (χ2n) is 8.61. The molecule has 5 nitrogen and oxygen atoms in total. The molecule has 1 aliphatic heterocycles. The molecule has 0 saturated heterocycles. The maximum Gasteiger partial charge on any atom is 0.136 e. The summed E-state index contributed by atoms with van der Waals surface area (Å²) in [5.41, 5.74) is 4.54. The third-order valence-corrected chi connectivity index (χ3v) is 6.64. The molecule has 32 heavy (non-hydrogen) atoms. The number of rotatable bonds is 9. The van der Waals surface area contributed by atoms with Gasteiger partial charge in [-0.05, 0) is 67.9 Å². The summed E-state index contributed by atoms with van der Waals surface area (Å²) in [5.74, 6) is 6.30. The van der Waals surface area contributed by atoms with Crippen molar-refractivity contribution in [2.45, 2.75) is 84.0 Å². The summed E-state index contributed by atoms with van der Waals surface area (Å²) in [7, 11) is 0. The van der Waals surface area contributed by atoms with Gasteiger partial charge in [-0.1, -0.05) is 46.0 Å². The lowest BCUT2D eigenvalue weighted by atomic mass is 9.71. The van der Waals surface area contributed by atoms with E-state index < -0.39 is 5.97 Å². The van der Waals surface area contributed by atoms with Crippen molar-refractivity contribution >= 4 is 5.97 Å². The highest BCUT2D eigenvalue weighted by Crippen LogP contribution is 2.44. The van der Waals surface area contributed by atoms with Crippen LogP contribution in [0.3, 0.4) is 0 Å². The van der Waals surface area contributed by atoms with Crippen LogP contribution in [-0.2, 0) is 23.1 Å². The van der Waals surface area contributed by atoms with Crippen LogP contribution >= 0.6 is 0 Å². The molecular formula is C27H33N2O3-. The maximum absolute atomic E-state index is 10.7. The first-order valence-electron chi connectivity index (χ1n) is 11.9. The van der Waals surface area contributed by atoms with Gasteiger partial charge in [0.05, 0.1) is 12.3 Å². The number of carbonyl (C=O) groups excluding carboxylic acids is 1. The minimum atomic E-state index is -1.17. The van der Waals surface area contributed by atoms with Crippen molar-refractivity contribution in [2.24, 2.45) is 0 Å². The lowest BCUT2D eigenvalue weighted by molar-refractivity contribution is -0.304. The Morgan fingerprint density at radius 2 is 1.91 bits per heavy atom. The van der Waals surface area contributed by atoms with E-state index in [1.807, 2.05) is 0 Å². The van der Waals surface area contributed by atoms with Gasteiger partial charge in [0.1, 0.15) is 11.4 Å².